The minimum absolute atomic E-state index is 0.189. The first-order valence-electron chi connectivity index (χ1n) is 9.88. The van der Waals surface area contributed by atoms with Crippen LogP contribution in [0, 0.1) is 0 Å². The lowest BCUT2D eigenvalue weighted by atomic mass is 10.1. The summed E-state index contributed by atoms with van der Waals surface area (Å²) in [5.41, 5.74) is 2.48. The van der Waals surface area contributed by atoms with Crippen molar-refractivity contribution in [2.45, 2.75) is 32.2 Å². The van der Waals surface area contributed by atoms with Crippen molar-refractivity contribution >= 4 is 35.0 Å². The molecule has 31 heavy (non-hydrogen) atoms. The molecule has 1 atom stereocenters. The predicted molar refractivity (Wildman–Crippen MR) is 121 cm³/mol. The van der Waals surface area contributed by atoms with Gasteiger partial charge in [-0.05, 0) is 55.1 Å². The number of carbonyl (C=O) groups is 1. The third-order valence-electron chi connectivity index (χ3n) is 4.66. The van der Waals surface area contributed by atoms with Crippen LogP contribution in [0.5, 0.6) is 11.6 Å². The van der Waals surface area contributed by atoms with Crippen molar-refractivity contribution in [1.29, 1.82) is 0 Å². The van der Waals surface area contributed by atoms with E-state index in [0.717, 1.165) is 17.1 Å². The number of ether oxygens (including phenoxy) is 2. The van der Waals surface area contributed by atoms with Crippen LogP contribution >= 0.6 is 23.4 Å². The summed E-state index contributed by atoms with van der Waals surface area (Å²) in [7, 11) is 0. The average molecular weight is 457 g/mol. The highest BCUT2D eigenvalue weighted by atomic mass is 35.5. The van der Waals surface area contributed by atoms with Crippen molar-refractivity contribution in [3.63, 3.8) is 0 Å². The minimum Gasteiger partial charge on any atom is -0.494 e. The van der Waals surface area contributed by atoms with Gasteiger partial charge in [0.05, 0.1) is 12.3 Å². The zero-order valence-electron chi connectivity index (χ0n) is 17.3. The number of halogens is 1. The maximum absolute atomic E-state index is 12.8. The number of aromatic nitrogens is 3. The van der Waals surface area contributed by atoms with Crippen LogP contribution in [0.1, 0.15) is 32.6 Å². The largest absolute Gasteiger partial charge is 0.494 e. The van der Waals surface area contributed by atoms with Crippen LogP contribution in [0.2, 0.25) is 5.02 Å². The van der Waals surface area contributed by atoms with E-state index in [1.54, 1.807) is 23.1 Å². The third-order valence-corrected chi connectivity index (χ3v) is 5.61. The number of hydrogen-bond acceptors (Lipinski definition) is 7. The molecule has 2 heterocycles. The van der Waals surface area contributed by atoms with Gasteiger partial charge in [0.25, 0.3) is 0 Å². The molecule has 160 valence electrons. The summed E-state index contributed by atoms with van der Waals surface area (Å²) in [6, 6.07) is 12.7. The van der Waals surface area contributed by atoms with Crippen molar-refractivity contribution in [2.75, 3.05) is 17.3 Å². The standard InChI is InChI=1S/C22H21ClN4O3S/c1-4-29-16-9-6-14(7-10-16)21-27(13(3)28)18-11-8-15(23)12-17(18)19-20(30-21)24-22(26-25-19)31-5-2/h6-12,21H,4-5H2,1-3H3/t21-/m1/s1. The van der Waals surface area contributed by atoms with Crippen molar-refractivity contribution in [3.8, 4) is 22.9 Å². The fourth-order valence-corrected chi connectivity index (χ4v) is 4.06. The van der Waals surface area contributed by atoms with E-state index in [9.17, 15) is 4.79 Å². The van der Waals surface area contributed by atoms with Gasteiger partial charge in [-0.3, -0.25) is 9.69 Å². The fourth-order valence-electron chi connectivity index (χ4n) is 3.38. The summed E-state index contributed by atoms with van der Waals surface area (Å²) in [6.45, 7) is 6.00. The fraction of sp³-hybridized carbons (Fsp3) is 0.273. The van der Waals surface area contributed by atoms with Crippen LogP contribution in [-0.4, -0.2) is 33.4 Å². The summed E-state index contributed by atoms with van der Waals surface area (Å²) in [6.07, 6.45) is -0.745. The number of fused-ring (bicyclic) bond motifs is 3. The molecule has 1 aliphatic rings. The first-order valence-corrected chi connectivity index (χ1v) is 11.2. The summed E-state index contributed by atoms with van der Waals surface area (Å²) in [5, 5.41) is 9.60. The Morgan fingerprint density at radius 3 is 2.65 bits per heavy atom. The zero-order chi connectivity index (χ0) is 22.0. The molecule has 0 fully saturated rings. The number of anilines is 1. The van der Waals surface area contributed by atoms with Crippen LogP contribution in [0.25, 0.3) is 11.3 Å². The second-order valence-corrected chi connectivity index (χ2v) is 8.37. The molecular formula is C22H21ClN4O3S. The third kappa shape index (κ3) is 4.31. The number of carbonyl (C=O) groups excluding carboxylic acids is 1. The number of hydrogen-bond donors (Lipinski definition) is 0. The van der Waals surface area contributed by atoms with E-state index in [1.807, 2.05) is 38.1 Å². The molecule has 9 heteroatoms. The molecule has 1 amide bonds. The molecule has 3 aromatic rings. The Labute approximate surface area is 189 Å². The second-order valence-electron chi connectivity index (χ2n) is 6.70. The molecule has 0 bridgehead atoms. The summed E-state index contributed by atoms with van der Waals surface area (Å²) >= 11 is 7.74. The smallest absolute Gasteiger partial charge is 0.247 e. The van der Waals surface area contributed by atoms with Gasteiger partial charge in [0.15, 0.2) is 5.69 Å². The number of thioether (sulfide) groups is 1. The molecule has 0 radical (unpaired) electrons. The van der Waals surface area contributed by atoms with Gasteiger partial charge in [0, 0.05) is 23.1 Å². The zero-order valence-corrected chi connectivity index (χ0v) is 18.9. The average Bonchev–Trinajstić information content (AvgIpc) is 2.89. The second kappa shape index (κ2) is 9.11. The molecule has 0 saturated carbocycles. The Balaban J connectivity index is 1.90. The first-order chi connectivity index (χ1) is 15.0. The highest BCUT2D eigenvalue weighted by Crippen LogP contribution is 2.44. The van der Waals surface area contributed by atoms with E-state index in [1.165, 1.54) is 18.7 Å². The van der Waals surface area contributed by atoms with Gasteiger partial charge in [0.2, 0.25) is 23.2 Å². The van der Waals surface area contributed by atoms with Gasteiger partial charge in [-0.1, -0.05) is 30.3 Å². The van der Waals surface area contributed by atoms with Crippen LogP contribution in [0.15, 0.2) is 47.6 Å². The monoisotopic (exact) mass is 456 g/mol. The predicted octanol–water partition coefficient (Wildman–Crippen LogP) is 5.15. The van der Waals surface area contributed by atoms with Gasteiger partial charge < -0.3 is 9.47 Å². The van der Waals surface area contributed by atoms with E-state index in [-0.39, 0.29) is 5.91 Å². The Hall–Kier alpha value is -2.84. The molecule has 0 spiro atoms. The van der Waals surface area contributed by atoms with Gasteiger partial charge >= 0.3 is 0 Å². The quantitative estimate of drug-likeness (QED) is 0.491. The van der Waals surface area contributed by atoms with E-state index in [0.29, 0.717) is 39.6 Å². The molecule has 1 aliphatic heterocycles. The van der Waals surface area contributed by atoms with Crippen molar-refractivity contribution in [3.05, 3.63) is 53.1 Å². The molecule has 0 saturated heterocycles. The maximum Gasteiger partial charge on any atom is 0.247 e. The van der Waals surface area contributed by atoms with Crippen molar-refractivity contribution in [2.24, 2.45) is 0 Å². The van der Waals surface area contributed by atoms with Crippen molar-refractivity contribution in [1.82, 2.24) is 15.2 Å². The minimum atomic E-state index is -0.745. The van der Waals surface area contributed by atoms with Gasteiger partial charge in [-0.25, -0.2) is 0 Å². The Bertz CT molecular complexity index is 1110. The SMILES string of the molecule is CCOc1ccc([C@H]2Oc3nc(SCC)nnc3-c3cc(Cl)ccc3N2C(C)=O)cc1. The molecular weight excluding hydrogens is 436 g/mol. The van der Waals surface area contributed by atoms with E-state index < -0.39 is 6.23 Å². The van der Waals surface area contributed by atoms with Crippen molar-refractivity contribution < 1.29 is 14.3 Å². The number of benzene rings is 2. The van der Waals surface area contributed by atoms with E-state index in [2.05, 4.69) is 15.2 Å². The van der Waals surface area contributed by atoms with E-state index >= 15 is 0 Å². The molecule has 7 nitrogen and oxygen atoms in total. The lowest BCUT2D eigenvalue weighted by Gasteiger charge is -2.30. The highest BCUT2D eigenvalue weighted by molar-refractivity contribution is 7.99. The van der Waals surface area contributed by atoms with Gasteiger partial charge in [0.1, 0.15) is 5.75 Å². The lowest BCUT2D eigenvalue weighted by molar-refractivity contribution is -0.118. The topological polar surface area (TPSA) is 77.4 Å². The van der Waals surface area contributed by atoms with Crippen LogP contribution < -0.4 is 14.4 Å². The molecule has 0 aliphatic carbocycles. The maximum atomic E-state index is 12.8. The Morgan fingerprint density at radius 1 is 1.19 bits per heavy atom. The van der Waals surface area contributed by atoms with Gasteiger partial charge in [-0.15, -0.1) is 10.2 Å². The lowest BCUT2D eigenvalue weighted by Crippen LogP contribution is -2.36. The summed E-state index contributed by atoms with van der Waals surface area (Å²) in [4.78, 5) is 19.0. The van der Waals surface area contributed by atoms with Crippen LogP contribution in [0.4, 0.5) is 5.69 Å². The van der Waals surface area contributed by atoms with Gasteiger partial charge in [-0.2, -0.15) is 4.98 Å². The summed E-state index contributed by atoms with van der Waals surface area (Å²) < 4.78 is 11.9. The van der Waals surface area contributed by atoms with Crippen LogP contribution in [0.3, 0.4) is 0 Å². The molecule has 4 rings (SSSR count). The van der Waals surface area contributed by atoms with E-state index in [4.69, 9.17) is 21.1 Å². The molecule has 1 aromatic heterocycles. The normalized spacial score (nSPS) is 14.8. The first kappa shape index (κ1) is 21.4. The Kier molecular flexibility index (Phi) is 6.29. The molecule has 0 N–H and O–H groups in total. The number of amides is 1. The molecule has 2 aromatic carbocycles. The Morgan fingerprint density at radius 2 is 1.97 bits per heavy atom. The summed E-state index contributed by atoms with van der Waals surface area (Å²) in [5.74, 6) is 1.65. The number of rotatable bonds is 5. The molecule has 0 unspecified atom stereocenters. The number of nitrogens with zero attached hydrogens (tertiary/aromatic N) is 4. The highest BCUT2D eigenvalue weighted by Gasteiger charge is 2.34. The van der Waals surface area contributed by atoms with Crippen LogP contribution in [-0.2, 0) is 4.79 Å².